The Morgan fingerprint density at radius 3 is 2.78 bits per heavy atom. The van der Waals surface area contributed by atoms with Gasteiger partial charge in [0, 0.05) is 22.6 Å². The average molecular weight is 405 g/mol. The number of benzene rings is 2. The fourth-order valence-electron chi connectivity index (χ4n) is 2.80. The number of aryl methyl sites for hydroxylation is 1. The molecule has 1 heterocycles. The minimum Gasteiger partial charge on any atom is -0.326 e. The monoisotopic (exact) mass is 404 g/mol. The molecule has 0 atom stereocenters. The fraction of sp³-hybridized carbons (Fsp3) is 0.222. The molecule has 3 aromatic rings. The van der Waals surface area contributed by atoms with Gasteiger partial charge in [0.1, 0.15) is 0 Å². The third-order valence-electron chi connectivity index (χ3n) is 3.94. The number of fused-ring (bicyclic) bond motifs is 1. The average Bonchev–Trinajstić information content (AvgIpc) is 3.00. The molecule has 0 radical (unpaired) electrons. The highest BCUT2D eigenvalue weighted by atomic mass is 35.5. The normalized spacial score (nSPS) is 10.7. The highest BCUT2D eigenvalue weighted by Crippen LogP contribution is 2.30. The van der Waals surface area contributed by atoms with Gasteiger partial charge < -0.3 is 5.32 Å². The lowest BCUT2D eigenvalue weighted by molar-refractivity contribution is -0.115. The highest BCUT2D eigenvalue weighted by molar-refractivity contribution is 7.61. The predicted octanol–water partition coefficient (Wildman–Crippen LogP) is 3.98. The number of aromatic nitrogens is 2. The number of rotatable bonds is 6. The second-order valence-electron chi connectivity index (χ2n) is 5.92. The molecule has 0 saturated heterocycles. The van der Waals surface area contributed by atoms with E-state index in [1.54, 1.807) is 35.1 Å². The summed E-state index contributed by atoms with van der Waals surface area (Å²) < 4.78 is 27.5. The van der Waals surface area contributed by atoms with Crippen molar-refractivity contribution in [2.24, 2.45) is 4.36 Å². The summed E-state index contributed by atoms with van der Waals surface area (Å²) >= 11 is 6.10. The van der Waals surface area contributed by atoms with Crippen LogP contribution in [0.2, 0.25) is 5.02 Å². The van der Waals surface area contributed by atoms with Gasteiger partial charge in [0.2, 0.25) is 5.91 Å². The first-order chi connectivity index (χ1) is 13.0. The van der Waals surface area contributed by atoms with Gasteiger partial charge in [-0.2, -0.15) is 13.5 Å². The van der Waals surface area contributed by atoms with Gasteiger partial charge >= 0.3 is 10.5 Å². The van der Waals surface area contributed by atoms with Gasteiger partial charge in [-0.1, -0.05) is 36.7 Å². The molecular weight excluding hydrogens is 388 g/mol. The van der Waals surface area contributed by atoms with Gasteiger partial charge in [-0.25, -0.2) is 0 Å². The van der Waals surface area contributed by atoms with Gasteiger partial charge in [0.05, 0.1) is 23.8 Å². The standard InChI is InChI=1S/C18H17ClN4O3S/c1-2-7-23-17-10-13(9-16(22-27(25)26)14(17)11-20-23)21-18(24)8-12-5-3-4-6-15(12)19/h3-6,9-11H,2,7-8H2,1H3,(H,21,24). The largest absolute Gasteiger partial charge is 0.326 e. The maximum absolute atomic E-state index is 12.4. The van der Waals surface area contributed by atoms with Crippen molar-refractivity contribution in [3.8, 4) is 0 Å². The third kappa shape index (κ3) is 4.53. The van der Waals surface area contributed by atoms with Crippen LogP contribution in [0.15, 0.2) is 47.0 Å². The van der Waals surface area contributed by atoms with Crippen molar-refractivity contribution in [1.82, 2.24) is 9.78 Å². The molecule has 0 fully saturated rings. The number of hydrogen-bond acceptors (Lipinski definition) is 5. The van der Waals surface area contributed by atoms with Crippen molar-refractivity contribution in [3.05, 3.63) is 53.2 Å². The Morgan fingerprint density at radius 1 is 1.30 bits per heavy atom. The number of carbonyl (C=O) groups is 1. The lowest BCUT2D eigenvalue weighted by atomic mass is 10.1. The van der Waals surface area contributed by atoms with Crippen LogP contribution in [-0.4, -0.2) is 24.1 Å². The van der Waals surface area contributed by atoms with Crippen LogP contribution in [0.5, 0.6) is 0 Å². The molecule has 7 nitrogen and oxygen atoms in total. The van der Waals surface area contributed by atoms with Crippen LogP contribution in [0.3, 0.4) is 0 Å². The molecule has 0 aliphatic heterocycles. The second kappa shape index (κ2) is 8.32. The quantitative estimate of drug-likeness (QED) is 0.672. The summed E-state index contributed by atoms with van der Waals surface area (Å²) in [5.74, 6) is -0.266. The molecule has 140 valence electrons. The van der Waals surface area contributed by atoms with Crippen molar-refractivity contribution < 1.29 is 13.2 Å². The van der Waals surface area contributed by atoms with E-state index >= 15 is 0 Å². The van der Waals surface area contributed by atoms with E-state index in [1.807, 2.05) is 13.0 Å². The molecule has 0 aliphatic carbocycles. The molecule has 2 aromatic carbocycles. The molecule has 1 aromatic heterocycles. The summed E-state index contributed by atoms with van der Waals surface area (Å²) in [6, 6.07) is 10.4. The lowest BCUT2D eigenvalue weighted by Crippen LogP contribution is -2.14. The van der Waals surface area contributed by atoms with E-state index in [2.05, 4.69) is 14.8 Å². The summed E-state index contributed by atoms with van der Waals surface area (Å²) in [5.41, 5.74) is 2.09. The number of halogens is 1. The number of carbonyl (C=O) groups excluding carboxylic acids is 1. The molecule has 0 unspecified atom stereocenters. The van der Waals surface area contributed by atoms with E-state index < -0.39 is 10.5 Å². The zero-order valence-electron chi connectivity index (χ0n) is 14.5. The topological polar surface area (TPSA) is 93.4 Å². The lowest BCUT2D eigenvalue weighted by Gasteiger charge is -2.09. The van der Waals surface area contributed by atoms with E-state index in [0.717, 1.165) is 6.42 Å². The van der Waals surface area contributed by atoms with Crippen LogP contribution >= 0.6 is 11.6 Å². The Morgan fingerprint density at radius 2 is 2.07 bits per heavy atom. The van der Waals surface area contributed by atoms with Crippen LogP contribution in [0.4, 0.5) is 11.4 Å². The molecule has 0 aliphatic rings. The predicted molar refractivity (Wildman–Crippen MR) is 105 cm³/mol. The molecule has 0 spiro atoms. The van der Waals surface area contributed by atoms with Crippen molar-refractivity contribution in [2.75, 3.05) is 5.32 Å². The Labute approximate surface area is 162 Å². The molecule has 3 rings (SSSR count). The van der Waals surface area contributed by atoms with E-state index in [9.17, 15) is 13.2 Å². The van der Waals surface area contributed by atoms with Crippen molar-refractivity contribution >= 4 is 50.3 Å². The SMILES string of the molecule is CCCn1ncc2c(N=S(=O)=O)cc(NC(=O)Cc3ccccc3Cl)cc21. The number of amides is 1. The van der Waals surface area contributed by atoms with Crippen molar-refractivity contribution in [2.45, 2.75) is 26.3 Å². The number of nitrogens with one attached hydrogen (secondary N) is 1. The van der Waals surface area contributed by atoms with Crippen molar-refractivity contribution in [1.29, 1.82) is 0 Å². The summed E-state index contributed by atoms with van der Waals surface area (Å²) in [6.45, 7) is 2.68. The van der Waals surface area contributed by atoms with Gasteiger partial charge in [-0.15, -0.1) is 4.36 Å². The first-order valence-corrected chi connectivity index (χ1v) is 9.73. The molecular formula is C18H17ClN4O3S. The summed E-state index contributed by atoms with van der Waals surface area (Å²) in [5, 5.41) is 8.18. The van der Waals surface area contributed by atoms with Crippen molar-refractivity contribution in [3.63, 3.8) is 0 Å². The highest BCUT2D eigenvalue weighted by Gasteiger charge is 2.12. The molecule has 27 heavy (non-hydrogen) atoms. The van der Waals surface area contributed by atoms with Crippen LogP contribution < -0.4 is 5.32 Å². The maximum atomic E-state index is 12.4. The minimum absolute atomic E-state index is 0.103. The van der Waals surface area contributed by atoms with Gasteiger partial charge in [0.25, 0.3) is 0 Å². The third-order valence-corrected chi connectivity index (χ3v) is 4.66. The summed E-state index contributed by atoms with van der Waals surface area (Å²) in [4.78, 5) is 12.4. The Hall–Kier alpha value is -2.71. The van der Waals surface area contributed by atoms with Gasteiger partial charge in [-0.3, -0.25) is 9.48 Å². The van der Waals surface area contributed by atoms with Crippen LogP contribution in [-0.2, 0) is 28.3 Å². The fourth-order valence-corrected chi connectivity index (χ4v) is 3.31. The zero-order valence-corrected chi connectivity index (χ0v) is 16.1. The van der Waals surface area contributed by atoms with E-state index in [1.165, 1.54) is 6.07 Å². The van der Waals surface area contributed by atoms with E-state index in [0.29, 0.717) is 33.7 Å². The van der Waals surface area contributed by atoms with Gasteiger partial charge in [0.15, 0.2) is 0 Å². The smallest absolute Gasteiger partial charge is 0.316 e. The molecule has 0 bridgehead atoms. The Balaban J connectivity index is 1.95. The maximum Gasteiger partial charge on any atom is 0.316 e. The number of anilines is 1. The summed E-state index contributed by atoms with van der Waals surface area (Å²) in [7, 11) is -2.61. The number of nitrogens with zero attached hydrogens (tertiary/aromatic N) is 3. The Kier molecular flexibility index (Phi) is 5.88. The minimum atomic E-state index is -2.61. The second-order valence-corrected chi connectivity index (χ2v) is 6.94. The Bertz CT molecular complexity index is 1130. The first-order valence-electron chi connectivity index (χ1n) is 8.32. The summed E-state index contributed by atoms with van der Waals surface area (Å²) in [6.07, 6.45) is 2.54. The molecule has 1 N–H and O–H groups in total. The van der Waals surface area contributed by atoms with E-state index in [4.69, 9.17) is 11.6 Å². The van der Waals surface area contributed by atoms with E-state index in [-0.39, 0.29) is 18.0 Å². The molecule has 1 amide bonds. The molecule has 9 heteroatoms. The van der Waals surface area contributed by atoms with Gasteiger partial charge in [-0.05, 0) is 30.2 Å². The zero-order chi connectivity index (χ0) is 19.4. The van der Waals surface area contributed by atoms with Crippen LogP contribution in [0, 0.1) is 0 Å². The number of hydrogen-bond donors (Lipinski definition) is 1. The van der Waals surface area contributed by atoms with Crippen LogP contribution in [0.1, 0.15) is 18.9 Å². The van der Waals surface area contributed by atoms with Crippen LogP contribution in [0.25, 0.3) is 10.9 Å². The molecule has 0 saturated carbocycles. The first kappa shape index (κ1) is 19.1.